The molecule has 1 amide bonds. The van der Waals surface area contributed by atoms with Gasteiger partial charge in [0.25, 0.3) is 0 Å². The van der Waals surface area contributed by atoms with Crippen LogP contribution in [0.1, 0.15) is 12.6 Å². The molecule has 100 valence electrons. The van der Waals surface area contributed by atoms with Crippen LogP contribution in [0.2, 0.25) is 0 Å². The van der Waals surface area contributed by atoms with Gasteiger partial charge in [0, 0.05) is 18.2 Å². The Bertz CT molecular complexity index is 791. The second-order valence-electron chi connectivity index (χ2n) is 4.67. The maximum absolute atomic E-state index is 11.1. The molecule has 3 rings (SSSR count). The van der Waals surface area contributed by atoms with Gasteiger partial charge in [-0.15, -0.1) is 0 Å². The van der Waals surface area contributed by atoms with Crippen LogP contribution < -0.4 is 5.32 Å². The highest BCUT2D eigenvalue weighted by atomic mass is 16.1. The Labute approximate surface area is 116 Å². The normalized spacial score (nSPS) is 10.7. The van der Waals surface area contributed by atoms with E-state index in [1.165, 1.54) is 6.92 Å². The van der Waals surface area contributed by atoms with Gasteiger partial charge in [0.2, 0.25) is 5.91 Å². The molecule has 0 bridgehead atoms. The van der Waals surface area contributed by atoms with Crippen molar-refractivity contribution in [3.8, 4) is 11.3 Å². The number of hydrogen-bond donors (Lipinski definition) is 1. The van der Waals surface area contributed by atoms with Gasteiger partial charge >= 0.3 is 0 Å². The van der Waals surface area contributed by atoms with Gasteiger partial charge in [0.15, 0.2) is 5.65 Å². The van der Waals surface area contributed by atoms with Gasteiger partial charge in [0.05, 0.1) is 17.6 Å². The molecule has 2 aromatic heterocycles. The van der Waals surface area contributed by atoms with Gasteiger partial charge < -0.3 is 5.32 Å². The number of aryl methyl sites for hydroxylation is 1. The lowest BCUT2D eigenvalue weighted by Gasteiger charge is -2.05. The van der Waals surface area contributed by atoms with E-state index in [1.54, 1.807) is 4.52 Å². The second kappa shape index (κ2) is 4.77. The monoisotopic (exact) mass is 266 g/mol. The van der Waals surface area contributed by atoms with Crippen LogP contribution in [0, 0.1) is 6.92 Å². The molecule has 5 nitrogen and oxygen atoms in total. The number of rotatable bonds is 2. The molecule has 0 saturated carbocycles. The number of imidazole rings is 1. The van der Waals surface area contributed by atoms with Crippen LogP contribution in [0.25, 0.3) is 16.9 Å². The third kappa shape index (κ3) is 2.38. The summed E-state index contributed by atoms with van der Waals surface area (Å²) in [5.41, 5.74) is 4.30. The molecule has 5 heteroatoms. The standard InChI is InChI=1S/C15H14N4O/c1-10-9-19-15(16-10)7-6-14(18-19)12-4-3-5-13(8-12)17-11(2)20/h3-9H,1-2H3,(H,17,20). The molecule has 1 aromatic carbocycles. The Kier molecular flexibility index (Phi) is 2.95. The number of nitrogens with zero attached hydrogens (tertiary/aromatic N) is 3. The summed E-state index contributed by atoms with van der Waals surface area (Å²) in [7, 11) is 0. The first kappa shape index (κ1) is 12.3. The van der Waals surface area contributed by atoms with Crippen molar-refractivity contribution in [3.05, 3.63) is 48.3 Å². The highest BCUT2D eigenvalue weighted by Gasteiger charge is 2.05. The van der Waals surface area contributed by atoms with Crippen molar-refractivity contribution < 1.29 is 4.79 Å². The van der Waals surface area contributed by atoms with E-state index < -0.39 is 0 Å². The molecule has 0 fully saturated rings. The molecule has 0 aliphatic rings. The van der Waals surface area contributed by atoms with Gasteiger partial charge in [0.1, 0.15) is 0 Å². The molecule has 0 atom stereocenters. The van der Waals surface area contributed by atoms with Crippen molar-refractivity contribution in [3.63, 3.8) is 0 Å². The van der Waals surface area contributed by atoms with E-state index in [0.29, 0.717) is 0 Å². The fourth-order valence-corrected chi connectivity index (χ4v) is 2.11. The minimum atomic E-state index is -0.0872. The molecule has 0 aliphatic carbocycles. The summed E-state index contributed by atoms with van der Waals surface area (Å²) in [4.78, 5) is 15.4. The fourth-order valence-electron chi connectivity index (χ4n) is 2.11. The number of amides is 1. The van der Waals surface area contributed by atoms with Gasteiger partial charge in [-0.3, -0.25) is 4.79 Å². The van der Waals surface area contributed by atoms with Crippen molar-refractivity contribution in [1.82, 2.24) is 14.6 Å². The lowest BCUT2D eigenvalue weighted by Crippen LogP contribution is -2.05. The number of benzene rings is 1. The average molecular weight is 266 g/mol. The summed E-state index contributed by atoms with van der Waals surface area (Å²) in [6.07, 6.45) is 1.89. The van der Waals surface area contributed by atoms with Gasteiger partial charge in [-0.05, 0) is 31.2 Å². The first-order valence-electron chi connectivity index (χ1n) is 6.33. The molecule has 0 spiro atoms. The molecule has 20 heavy (non-hydrogen) atoms. The SMILES string of the molecule is CC(=O)Nc1cccc(-c2ccc3nc(C)cn3n2)c1. The third-order valence-electron chi connectivity index (χ3n) is 2.92. The highest BCUT2D eigenvalue weighted by molar-refractivity contribution is 5.89. The summed E-state index contributed by atoms with van der Waals surface area (Å²) in [6.45, 7) is 3.43. The maximum Gasteiger partial charge on any atom is 0.221 e. The summed E-state index contributed by atoms with van der Waals surface area (Å²) in [5, 5.41) is 7.30. The van der Waals surface area contributed by atoms with E-state index in [1.807, 2.05) is 49.5 Å². The average Bonchev–Trinajstić information content (AvgIpc) is 2.77. The highest BCUT2D eigenvalue weighted by Crippen LogP contribution is 2.21. The van der Waals surface area contributed by atoms with Gasteiger partial charge in [-0.1, -0.05) is 12.1 Å². The molecule has 0 unspecified atom stereocenters. The number of hydrogen-bond acceptors (Lipinski definition) is 3. The van der Waals surface area contributed by atoms with E-state index in [0.717, 1.165) is 28.3 Å². The number of carbonyl (C=O) groups excluding carboxylic acids is 1. The number of nitrogens with one attached hydrogen (secondary N) is 1. The van der Waals surface area contributed by atoms with Gasteiger partial charge in [-0.25, -0.2) is 9.50 Å². The van der Waals surface area contributed by atoms with Crippen molar-refractivity contribution >= 4 is 17.2 Å². The topological polar surface area (TPSA) is 59.3 Å². The number of carbonyl (C=O) groups is 1. The molecule has 2 heterocycles. The van der Waals surface area contributed by atoms with Crippen molar-refractivity contribution in [2.24, 2.45) is 0 Å². The summed E-state index contributed by atoms with van der Waals surface area (Å²) >= 11 is 0. The largest absolute Gasteiger partial charge is 0.326 e. The second-order valence-corrected chi connectivity index (χ2v) is 4.67. The third-order valence-corrected chi connectivity index (χ3v) is 2.92. The molecule has 0 aliphatic heterocycles. The summed E-state index contributed by atoms with van der Waals surface area (Å²) in [6, 6.07) is 11.5. The smallest absolute Gasteiger partial charge is 0.221 e. The molecule has 0 radical (unpaired) electrons. The van der Waals surface area contributed by atoms with E-state index in [-0.39, 0.29) is 5.91 Å². The molecule has 3 aromatic rings. The van der Waals surface area contributed by atoms with Crippen LogP contribution in [0.4, 0.5) is 5.69 Å². The minimum Gasteiger partial charge on any atom is -0.326 e. The minimum absolute atomic E-state index is 0.0872. The van der Waals surface area contributed by atoms with Crippen LogP contribution >= 0.6 is 0 Å². The molecule has 0 saturated heterocycles. The zero-order valence-corrected chi connectivity index (χ0v) is 11.3. The van der Waals surface area contributed by atoms with E-state index in [2.05, 4.69) is 15.4 Å². The predicted octanol–water partition coefficient (Wildman–Crippen LogP) is 2.66. The maximum atomic E-state index is 11.1. The first-order valence-corrected chi connectivity index (χ1v) is 6.33. The van der Waals surface area contributed by atoms with Crippen molar-refractivity contribution in [2.45, 2.75) is 13.8 Å². The Morgan fingerprint density at radius 3 is 2.90 bits per heavy atom. The van der Waals surface area contributed by atoms with Crippen LogP contribution in [0.15, 0.2) is 42.6 Å². The molecular formula is C15H14N4O. The quantitative estimate of drug-likeness (QED) is 0.775. The zero-order valence-electron chi connectivity index (χ0n) is 11.3. The van der Waals surface area contributed by atoms with E-state index in [9.17, 15) is 4.79 Å². The first-order chi connectivity index (χ1) is 9.61. The van der Waals surface area contributed by atoms with E-state index in [4.69, 9.17) is 0 Å². The van der Waals surface area contributed by atoms with Crippen LogP contribution in [-0.2, 0) is 4.79 Å². The van der Waals surface area contributed by atoms with Crippen LogP contribution in [0.3, 0.4) is 0 Å². The van der Waals surface area contributed by atoms with Gasteiger partial charge in [-0.2, -0.15) is 5.10 Å². The Morgan fingerprint density at radius 1 is 1.25 bits per heavy atom. The fraction of sp³-hybridized carbons (Fsp3) is 0.133. The molecule has 1 N–H and O–H groups in total. The summed E-state index contributed by atoms with van der Waals surface area (Å²) < 4.78 is 1.76. The lowest BCUT2D eigenvalue weighted by molar-refractivity contribution is -0.114. The van der Waals surface area contributed by atoms with Crippen molar-refractivity contribution in [2.75, 3.05) is 5.32 Å². The number of anilines is 1. The summed E-state index contributed by atoms with van der Waals surface area (Å²) in [5.74, 6) is -0.0872. The zero-order chi connectivity index (χ0) is 14.1. The molecular weight excluding hydrogens is 252 g/mol. The Morgan fingerprint density at radius 2 is 2.10 bits per heavy atom. The van der Waals surface area contributed by atoms with E-state index >= 15 is 0 Å². The number of fused-ring (bicyclic) bond motifs is 1. The lowest BCUT2D eigenvalue weighted by atomic mass is 10.1. The number of aromatic nitrogens is 3. The Balaban J connectivity index is 2.03. The van der Waals surface area contributed by atoms with Crippen LogP contribution in [0.5, 0.6) is 0 Å². The predicted molar refractivity (Wildman–Crippen MR) is 77.5 cm³/mol. The van der Waals surface area contributed by atoms with Crippen molar-refractivity contribution in [1.29, 1.82) is 0 Å². The van der Waals surface area contributed by atoms with Crippen LogP contribution in [-0.4, -0.2) is 20.5 Å². The Hall–Kier alpha value is -2.69.